The smallest absolute Gasteiger partial charge is 0.246 e. The molecule has 1 atom stereocenters. The van der Waals surface area contributed by atoms with Crippen LogP contribution >= 0.6 is 0 Å². The predicted octanol–water partition coefficient (Wildman–Crippen LogP) is 2.36. The number of nitriles is 1. The zero-order valence-electron chi connectivity index (χ0n) is 14.1. The molecule has 0 aliphatic carbocycles. The molecule has 0 aromatic heterocycles. The summed E-state index contributed by atoms with van der Waals surface area (Å²) in [5.74, 6) is -0.273. The van der Waals surface area contributed by atoms with Gasteiger partial charge < -0.3 is 9.80 Å². The van der Waals surface area contributed by atoms with E-state index < -0.39 is 0 Å². The van der Waals surface area contributed by atoms with Gasteiger partial charge in [-0.15, -0.1) is 0 Å². The van der Waals surface area contributed by atoms with Crippen molar-refractivity contribution in [1.29, 1.82) is 5.26 Å². The number of hydrogen-bond donors (Lipinski definition) is 0. The second-order valence-corrected chi connectivity index (χ2v) is 6.12. The molecule has 1 heterocycles. The molecule has 0 saturated carbocycles. The van der Waals surface area contributed by atoms with Crippen LogP contribution in [0, 0.1) is 11.3 Å². The Hall–Kier alpha value is -3.13. The summed E-state index contributed by atoms with van der Waals surface area (Å²) in [6.07, 6.45) is 0.666. The molecule has 25 heavy (non-hydrogen) atoms. The third-order valence-corrected chi connectivity index (χ3v) is 4.47. The Kier molecular flexibility index (Phi) is 4.80. The summed E-state index contributed by atoms with van der Waals surface area (Å²) in [6.45, 7) is 1.91. The highest BCUT2D eigenvalue weighted by Crippen LogP contribution is 2.25. The summed E-state index contributed by atoms with van der Waals surface area (Å²) in [6, 6.07) is 19.0. The fourth-order valence-electron chi connectivity index (χ4n) is 3.24. The minimum absolute atomic E-state index is 0.0343. The van der Waals surface area contributed by atoms with E-state index in [0.29, 0.717) is 24.2 Å². The van der Waals surface area contributed by atoms with Gasteiger partial charge in [0.15, 0.2) is 0 Å². The van der Waals surface area contributed by atoms with Crippen molar-refractivity contribution in [3.05, 3.63) is 65.7 Å². The van der Waals surface area contributed by atoms with Crippen molar-refractivity contribution in [3.63, 3.8) is 0 Å². The third kappa shape index (κ3) is 3.53. The van der Waals surface area contributed by atoms with Gasteiger partial charge in [-0.25, -0.2) is 0 Å². The Bertz CT molecular complexity index is 826. The summed E-state index contributed by atoms with van der Waals surface area (Å²) >= 11 is 0. The molecule has 5 nitrogen and oxygen atoms in total. The van der Waals surface area contributed by atoms with Crippen molar-refractivity contribution < 1.29 is 9.59 Å². The maximum Gasteiger partial charge on any atom is 0.246 e. The van der Waals surface area contributed by atoms with Gasteiger partial charge in [0.1, 0.15) is 12.6 Å². The quantitative estimate of drug-likeness (QED) is 0.866. The van der Waals surface area contributed by atoms with Gasteiger partial charge in [0.05, 0.1) is 17.3 Å². The maximum atomic E-state index is 12.6. The number of para-hydroxylation sites is 1. The highest BCUT2D eigenvalue weighted by Gasteiger charge is 2.35. The highest BCUT2D eigenvalue weighted by molar-refractivity contribution is 5.99. The molecule has 0 spiro atoms. The van der Waals surface area contributed by atoms with E-state index in [1.165, 1.54) is 6.92 Å². The standard InChI is InChI=1S/C20H19N3O2/c1-15(24)22-14-20(25)23(19-10-6-5-9-17(19)12-21)13-18(22)11-16-7-3-2-4-8-16/h2-10,18H,11,13-14H2,1H3/t18-/m0/s1. The molecule has 126 valence electrons. The fourth-order valence-corrected chi connectivity index (χ4v) is 3.24. The number of piperazine rings is 1. The minimum Gasteiger partial charge on any atom is -0.328 e. The first-order valence-electron chi connectivity index (χ1n) is 8.20. The zero-order valence-corrected chi connectivity index (χ0v) is 14.1. The van der Waals surface area contributed by atoms with E-state index >= 15 is 0 Å². The lowest BCUT2D eigenvalue weighted by Crippen LogP contribution is -2.58. The SMILES string of the molecule is CC(=O)N1CC(=O)N(c2ccccc2C#N)C[C@@H]1Cc1ccccc1. The minimum atomic E-state index is -0.165. The van der Waals surface area contributed by atoms with Crippen LogP contribution in [0.5, 0.6) is 0 Å². The summed E-state index contributed by atoms with van der Waals surface area (Å²) in [4.78, 5) is 27.9. The van der Waals surface area contributed by atoms with Gasteiger partial charge >= 0.3 is 0 Å². The normalized spacial score (nSPS) is 17.3. The number of carbonyl (C=O) groups is 2. The van der Waals surface area contributed by atoms with E-state index in [1.807, 2.05) is 36.4 Å². The lowest BCUT2D eigenvalue weighted by molar-refractivity contribution is -0.137. The highest BCUT2D eigenvalue weighted by atomic mass is 16.2. The van der Waals surface area contributed by atoms with Crippen molar-refractivity contribution in [3.8, 4) is 6.07 Å². The maximum absolute atomic E-state index is 12.6. The van der Waals surface area contributed by atoms with E-state index in [0.717, 1.165) is 5.56 Å². The Labute approximate surface area is 147 Å². The van der Waals surface area contributed by atoms with Crippen LogP contribution in [0.1, 0.15) is 18.1 Å². The summed E-state index contributed by atoms with van der Waals surface area (Å²) in [7, 11) is 0. The average molecular weight is 333 g/mol. The lowest BCUT2D eigenvalue weighted by atomic mass is 10.0. The van der Waals surface area contributed by atoms with Crippen LogP contribution in [0.15, 0.2) is 54.6 Å². The van der Waals surface area contributed by atoms with Gasteiger partial charge in [0, 0.05) is 13.5 Å². The number of carbonyl (C=O) groups excluding carboxylic acids is 2. The molecular formula is C20H19N3O2. The Morgan fingerprint density at radius 3 is 2.52 bits per heavy atom. The van der Waals surface area contributed by atoms with Crippen molar-refractivity contribution in [1.82, 2.24) is 4.90 Å². The molecule has 3 rings (SSSR count). The summed E-state index contributed by atoms with van der Waals surface area (Å²) < 4.78 is 0. The second-order valence-electron chi connectivity index (χ2n) is 6.12. The van der Waals surface area contributed by atoms with Gasteiger partial charge in [-0.1, -0.05) is 42.5 Å². The van der Waals surface area contributed by atoms with Crippen molar-refractivity contribution >= 4 is 17.5 Å². The first kappa shape index (κ1) is 16.7. The summed E-state index contributed by atoms with van der Waals surface area (Å²) in [5, 5.41) is 9.32. The van der Waals surface area contributed by atoms with Crippen LogP contribution in [-0.2, 0) is 16.0 Å². The van der Waals surface area contributed by atoms with E-state index in [1.54, 1.807) is 28.0 Å². The van der Waals surface area contributed by atoms with E-state index in [-0.39, 0.29) is 24.4 Å². The van der Waals surface area contributed by atoms with Crippen LogP contribution in [0.25, 0.3) is 0 Å². The van der Waals surface area contributed by atoms with Crippen LogP contribution in [0.3, 0.4) is 0 Å². The molecule has 1 fully saturated rings. The van der Waals surface area contributed by atoms with Gasteiger partial charge in [-0.3, -0.25) is 9.59 Å². The molecule has 1 aliphatic rings. The van der Waals surface area contributed by atoms with E-state index in [2.05, 4.69) is 6.07 Å². The second kappa shape index (κ2) is 7.18. The number of hydrogen-bond acceptors (Lipinski definition) is 3. The predicted molar refractivity (Wildman–Crippen MR) is 94.8 cm³/mol. The molecule has 0 bridgehead atoms. The van der Waals surface area contributed by atoms with Gasteiger partial charge in [0.25, 0.3) is 0 Å². The number of anilines is 1. The van der Waals surface area contributed by atoms with Crippen molar-refractivity contribution in [2.24, 2.45) is 0 Å². The summed E-state index contributed by atoms with van der Waals surface area (Å²) in [5.41, 5.74) is 2.18. The third-order valence-electron chi connectivity index (χ3n) is 4.47. The fraction of sp³-hybridized carbons (Fsp3) is 0.250. The van der Waals surface area contributed by atoms with E-state index in [9.17, 15) is 14.9 Å². The molecule has 2 aromatic carbocycles. The number of benzene rings is 2. The molecule has 1 saturated heterocycles. The molecule has 0 N–H and O–H groups in total. The molecule has 2 amide bonds. The first-order valence-corrected chi connectivity index (χ1v) is 8.20. The van der Waals surface area contributed by atoms with Crippen LogP contribution in [0.4, 0.5) is 5.69 Å². The number of rotatable bonds is 3. The molecular weight excluding hydrogens is 314 g/mol. The molecule has 2 aromatic rings. The Morgan fingerprint density at radius 1 is 1.16 bits per heavy atom. The largest absolute Gasteiger partial charge is 0.328 e. The first-order chi connectivity index (χ1) is 12.1. The van der Waals surface area contributed by atoms with Crippen LogP contribution in [-0.4, -0.2) is 35.8 Å². The lowest BCUT2D eigenvalue weighted by Gasteiger charge is -2.41. The molecule has 0 unspecified atom stereocenters. The molecule has 5 heteroatoms. The van der Waals surface area contributed by atoms with E-state index in [4.69, 9.17) is 0 Å². The topological polar surface area (TPSA) is 64.4 Å². The van der Waals surface area contributed by atoms with Gasteiger partial charge in [-0.05, 0) is 24.1 Å². The van der Waals surface area contributed by atoms with Crippen LogP contribution < -0.4 is 4.90 Å². The average Bonchev–Trinajstić information content (AvgIpc) is 2.63. The van der Waals surface area contributed by atoms with Crippen molar-refractivity contribution in [2.45, 2.75) is 19.4 Å². The Balaban J connectivity index is 1.91. The van der Waals surface area contributed by atoms with Gasteiger partial charge in [-0.2, -0.15) is 5.26 Å². The monoisotopic (exact) mass is 333 g/mol. The number of nitrogens with zero attached hydrogens (tertiary/aromatic N) is 3. The van der Waals surface area contributed by atoms with Crippen molar-refractivity contribution in [2.75, 3.05) is 18.0 Å². The number of amides is 2. The Morgan fingerprint density at radius 2 is 1.84 bits per heavy atom. The van der Waals surface area contributed by atoms with Crippen LogP contribution in [0.2, 0.25) is 0 Å². The molecule has 1 aliphatic heterocycles. The zero-order chi connectivity index (χ0) is 17.8. The van der Waals surface area contributed by atoms with Gasteiger partial charge in [0.2, 0.25) is 11.8 Å². The molecule has 0 radical (unpaired) electrons.